The summed E-state index contributed by atoms with van der Waals surface area (Å²) in [5.74, 6) is 0.730. The standard InChI is InChI=1S/C14H14N6S/c15-9-13-11(5-4-8-16-13)10-21-14-17-18-19-20(14)12-6-2-1-3-7-12/h1-8H,9-10,15H2. The van der Waals surface area contributed by atoms with Crippen molar-refractivity contribution in [2.75, 3.05) is 0 Å². The van der Waals surface area contributed by atoms with Gasteiger partial charge in [0.05, 0.1) is 11.4 Å². The topological polar surface area (TPSA) is 82.5 Å². The third-order valence-corrected chi connectivity index (χ3v) is 3.94. The van der Waals surface area contributed by atoms with Gasteiger partial charge in [-0.3, -0.25) is 4.98 Å². The number of thioether (sulfide) groups is 1. The predicted molar refractivity (Wildman–Crippen MR) is 80.8 cm³/mol. The number of tetrazole rings is 1. The van der Waals surface area contributed by atoms with Crippen molar-refractivity contribution in [3.05, 3.63) is 59.9 Å². The van der Waals surface area contributed by atoms with Crippen LogP contribution in [-0.2, 0) is 12.3 Å². The van der Waals surface area contributed by atoms with Crippen LogP contribution < -0.4 is 5.73 Å². The molecule has 0 fully saturated rings. The maximum absolute atomic E-state index is 5.70. The van der Waals surface area contributed by atoms with Crippen molar-refractivity contribution >= 4 is 11.8 Å². The van der Waals surface area contributed by atoms with Crippen LogP contribution in [0.4, 0.5) is 0 Å². The van der Waals surface area contributed by atoms with Gasteiger partial charge in [-0.25, -0.2) is 0 Å². The highest BCUT2D eigenvalue weighted by Crippen LogP contribution is 2.23. The Balaban J connectivity index is 1.79. The molecule has 106 valence electrons. The summed E-state index contributed by atoms with van der Waals surface area (Å²) >= 11 is 1.56. The average molecular weight is 298 g/mol. The zero-order chi connectivity index (χ0) is 14.5. The smallest absolute Gasteiger partial charge is 0.214 e. The van der Waals surface area contributed by atoms with Crippen molar-refractivity contribution in [1.82, 2.24) is 25.2 Å². The number of para-hydroxylation sites is 1. The molecule has 0 spiro atoms. The normalized spacial score (nSPS) is 10.7. The summed E-state index contributed by atoms with van der Waals surface area (Å²) in [6.07, 6.45) is 1.75. The lowest BCUT2D eigenvalue weighted by Gasteiger charge is -2.06. The van der Waals surface area contributed by atoms with Crippen LogP contribution in [-0.4, -0.2) is 25.2 Å². The van der Waals surface area contributed by atoms with Crippen LogP contribution in [0, 0.1) is 0 Å². The molecular formula is C14H14N6S. The second-order valence-electron chi connectivity index (χ2n) is 4.31. The summed E-state index contributed by atoms with van der Waals surface area (Å²) in [5.41, 5.74) is 8.65. The Morgan fingerprint density at radius 2 is 1.95 bits per heavy atom. The molecule has 6 nitrogen and oxygen atoms in total. The fourth-order valence-electron chi connectivity index (χ4n) is 1.93. The van der Waals surface area contributed by atoms with E-state index in [1.54, 1.807) is 22.6 Å². The maximum atomic E-state index is 5.70. The molecule has 0 unspecified atom stereocenters. The summed E-state index contributed by atoms with van der Waals surface area (Å²) in [7, 11) is 0. The van der Waals surface area contributed by atoms with Gasteiger partial charge in [0.25, 0.3) is 0 Å². The van der Waals surface area contributed by atoms with Crippen LogP contribution in [0.1, 0.15) is 11.3 Å². The Hall–Kier alpha value is -2.25. The van der Waals surface area contributed by atoms with Gasteiger partial charge in [0.1, 0.15) is 0 Å². The minimum Gasteiger partial charge on any atom is -0.325 e. The van der Waals surface area contributed by atoms with Gasteiger partial charge >= 0.3 is 0 Å². The number of aromatic nitrogens is 5. The van der Waals surface area contributed by atoms with E-state index >= 15 is 0 Å². The molecule has 0 aliphatic carbocycles. The first-order valence-electron chi connectivity index (χ1n) is 6.48. The van der Waals surface area contributed by atoms with E-state index in [0.29, 0.717) is 6.54 Å². The largest absolute Gasteiger partial charge is 0.325 e. The van der Waals surface area contributed by atoms with Crippen molar-refractivity contribution in [3.63, 3.8) is 0 Å². The molecule has 0 bridgehead atoms. The highest BCUT2D eigenvalue weighted by atomic mass is 32.2. The number of pyridine rings is 1. The zero-order valence-electron chi connectivity index (χ0n) is 11.3. The van der Waals surface area contributed by atoms with E-state index in [-0.39, 0.29) is 0 Å². The number of nitrogens with two attached hydrogens (primary N) is 1. The molecule has 0 saturated heterocycles. The van der Waals surface area contributed by atoms with Crippen molar-refractivity contribution < 1.29 is 0 Å². The maximum Gasteiger partial charge on any atom is 0.214 e. The first-order chi connectivity index (χ1) is 10.4. The molecule has 0 radical (unpaired) electrons. The average Bonchev–Trinajstić information content (AvgIpc) is 3.02. The van der Waals surface area contributed by atoms with Crippen LogP contribution in [0.5, 0.6) is 0 Å². The number of rotatable bonds is 5. The van der Waals surface area contributed by atoms with Gasteiger partial charge in [-0.1, -0.05) is 36.0 Å². The Labute approximate surface area is 126 Å². The van der Waals surface area contributed by atoms with Crippen LogP contribution in [0.15, 0.2) is 53.8 Å². The lowest BCUT2D eigenvalue weighted by molar-refractivity contribution is 0.756. The van der Waals surface area contributed by atoms with Crippen molar-refractivity contribution in [3.8, 4) is 5.69 Å². The van der Waals surface area contributed by atoms with Crippen LogP contribution >= 0.6 is 11.8 Å². The molecule has 0 atom stereocenters. The number of nitrogens with zero attached hydrogens (tertiary/aromatic N) is 5. The Kier molecular flexibility index (Phi) is 4.23. The molecule has 1 aromatic carbocycles. The molecule has 3 aromatic rings. The molecule has 0 aliphatic heterocycles. The van der Waals surface area contributed by atoms with Gasteiger partial charge in [0.2, 0.25) is 5.16 Å². The fourth-order valence-corrected chi connectivity index (χ4v) is 2.83. The van der Waals surface area contributed by atoms with Crippen LogP contribution in [0.3, 0.4) is 0 Å². The predicted octanol–water partition coefficient (Wildman–Crippen LogP) is 1.81. The molecule has 21 heavy (non-hydrogen) atoms. The molecule has 2 aromatic heterocycles. The highest BCUT2D eigenvalue weighted by Gasteiger charge is 2.10. The minimum absolute atomic E-state index is 0.431. The van der Waals surface area contributed by atoms with E-state index in [1.165, 1.54) is 0 Å². The second-order valence-corrected chi connectivity index (χ2v) is 5.25. The van der Waals surface area contributed by atoms with Gasteiger partial charge in [-0.05, 0) is 34.2 Å². The minimum atomic E-state index is 0.431. The van der Waals surface area contributed by atoms with Gasteiger partial charge in [-0.15, -0.1) is 5.10 Å². The molecule has 2 heterocycles. The van der Waals surface area contributed by atoms with Crippen molar-refractivity contribution in [2.45, 2.75) is 17.5 Å². The van der Waals surface area contributed by atoms with Gasteiger partial charge < -0.3 is 5.73 Å². The summed E-state index contributed by atoms with van der Waals surface area (Å²) in [6.45, 7) is 0.431. The second kappa shape index (κ2) is 6.47. The first kappa shape index (κ1) is 13.7. The zero-order valence-corrected chi connectivity index (χ0v) is 12.1. The molecule has 0 saturated carbocycles. The number of hydrogen-bond donors (Lipinski definition) is 1. The van der Waals surface area contributed by atoms with Crippen molar-refractivity contribution in [2.24, 2.45) is 5.73 Å². The molecular weight excluding hydrogens is 284 g/mol. The molecule has 0 aliphatic rings. The third-order valence-electron chi connectivity index (χ3n) is 2.98. The monoisotopic (exact) mass is 298 g/mol. The molecule has 3 rings (SSSR count). The Bertz CT molecular complexity index is 712. The Morgan fingerprint density at radius 3 is 2.76 bits per heavy atom. The van der Waals surface area contributed by atoms with E-state index < -0.39 is 0 Å². The molecule has 2 N–H and O–H groups in total. The summed E-state index contributed by atoms with van der Waals surface area (Å²) < 4.78 is 1.73. The van der Waals surface area contributed by atoms with Crippen LogP contribution in [0.25, 0.3) is 5.69 Å². The quantitative estimate of drug-likeness (QED) is 0.723. The van der Waals surface area contributed by atoms with E-state index in [0.717, 1.165) is 27.9 Å². The first-order valence-corrected chi connectivity index (χ1v) is 7.46. The molecule has 0 amide bonds. The van der Waals surface area contributed by atoms with E-state index in [2.05, 4.69) is 20.5 Å². The van der Waals surface area contributed by atoms with E-state index in [1.807, 2.05) is 42.5 Å². The summed E-state index contributed by atoms with van der Waals surface area (Å²) in [6, 6.07) is 13.8. The molecule has 7 heteroatoms. The van der Waals surface area contributed by atoms with Gasteiger partial charge in [-0.2, -0.15) is 4.68 Å². The fraction of sp³-hybridized carbons (Fsp3) is 0.143. The summed E-state index contributed by atoms with van der Waals surface area (Å²) in [5, 5.41) is 12.6. The van der Waals surface area contributed by atoms with Gasteiger partial charge in [0, 0.05) is 18.5 Å². The van der Waals surface area contributed by atoms with E-state index in [4.69, 9.17) is 5.73 Å². The third kappa shape index (κ3) is 3.09. The Morgan fingerprint density at radius 1 is 1.10 bits per heavy atom. The van der Waals surface area contributed by atoms with E-state index in [9.17, 15) is 0 Å². The SMILES string of the molecule is NCc1ncccc1CSc1nnnn1-c1ccccc1. The highest BCUT2D eigenvalue weighted by molar-refractivity contribution is 7.98. The lowest BCUT2D eigenvalue weighted by atomic mass is 10.2. The van der Waals surface area contributed by atoms with Crippen LogP contribution in [0.2, 0.25) is 0 Å². The van der Waals surface area contributed by atoms with Gasteiger partial charge in [0.15, 0.2) is 0 Å². The lowest BCUT2D eigenvalue weighted by Crippen LogP contribution is -2.04. The number of hydrogen-bond acceptors (Lipinski definition) is 6. The number of benzene rings is 1. The summed E-state index contributed by atoms with van der Waals surface area (Å²) in [4.78, 5) is 4.28. The van der Waals surface area contributed by atoms with Crippen molar-refractivity contribution in [1.29, 1.82) is 0 Å².